The van der Waals surface area contributed by atoms with E-state index in [1.807, 2.05) is 103 Å². The molecule has 0 aliphatic heterocycles. The van der Waals surface area contributed by atoms with Crippen molar-refractivity contribution in [1.82, 2.24) is 0 Å². The van der Waals surface area contributed by atoms with Gasteiger partial charge in [0.15, 0.2) is 0 Å². The second kappa shape index (κ2) is 53.5. The molecule has 6 atom stereocenters. The van der Waals surface area contributed by atoms with Crippen LogP contribution in [0, 0.1) is 126 Å². The van der Waals surface area contributed by atoms with Gasteiger partial charge in [0.1, 0.15) is 0 Å². The SMILES string of the molecule is C[CH-]C.C[CH-]C.Cc1[c-]cccc1.Cc1[c-]cccc1.Cc1ccccc1C(CC(C)CC(C)C)C(C)C.Cc1ccccc1C(CC(C)CC(C)C)C(C)C.[CH2-]C(C)CC(C)C.[CH2-]C(C)CC(C)C.[Y+3].[Y+3]. The molecule has 0 saturated carbocycles. The van der Waals surface area contributed by atoms with Gasteiger partial charge in [0, 0.05) is 0 Å². The molecule has 0 aromatic heterocycles. The molecule has 2 heteroatoms. The third-order valence-corrected chi connectivity index (χ3v) is 11.3. The smallest absolute Gasteiger partial charge is 0.341 e. The van der Waals surface area contributed by atoms with Crippen LogP contribution < -0.4 is 0 Å². The topological polar surface area (TPSA) is 0 Å². The summed E-state index contributed by atoms with van der Waals surface area (Å²) in [4.78, 5) is 0. The quantitative estimate of drug-likeness (QED) is 0.0981. The molecule has 0 nitrogen and oxygen atoms in total. The van der Waals surface area contributed by atoms with E-state index in [2.05, 4.69) is 199 Å². The summed E-state index contributed by atoms with van der Waals surface area (Å²) in [7, 11) is 0. The van der Waals surface area contributed by atoms with Crippen molar-refractivity contribution < 1.29 is 65.4 Å². The fraction of sp³-hybridized carbons (Fsp3) is 0.600. The van der Waals surface area contributed by atoms with Crippen LogP contribution in [0.25, 0.3) is 0 Å². The molecule has 0 N–H and O–H groups in total. The van der Waals surface area contributed by atoms with Crippen molar-refractivity contribution in [3.05, 3.63) is 169 Å². The Morgan fingerprint density at radius 3 is 0.778 bits per heavy atom. The molecule has 0 saturated heterocycles. The van der Waals surface area contributed by atoms with Crippen molar-refractivity contribution in [2.45, 2.75) is 217 Å². The van der Waals surface area contributed by atoms with Gasteiger partial charge in [-0.25, -0.2) is 0 Å². The molecule has 0 aliphatic carbocycles. The molecule has 0 aliphatic rings. The molecule has 0 heterocycles. The summed E-state index contributed by atoms with van der Waals surface area (Å²) in [6.45, 7) is 61.1. The Labute approximate surface area is 505 Å². The number of aryl methyl sites for hydroxylation is 4. The van der Waals surface area contributed by atoms with Crippen LogP contribution in [0.2, 0.25) is 0 Å². The zero-order valence-electron chi connectivity index (χ0n) is 52.1. The molecule has 4 aromatic rings. The summed E-state index contributed by atoms with van der Waals surface area (Å²) < 4.78 is 0. The maximum atomic E-state index is 3.88. The molecule has 0 radical (unpaired) electrons. The molecule has 0 amide bonds. The predicted molar refractivity (Wildman–Crippen MR) is 323 cm³/mol. The summed E-state index contributed by atoms with van der Waals surface area (Å²) in [6.07, 6.45) is 11.8. The van der Waals surface area contributed by atoms with E-state index in [-0.39, 0.29) is 65.4 Å². The largest absolute Gasteiger partial charge is 3.00 e. The van der Waals surface area contributed by atoms with Gasteiger partial charge in [-0.2, -0.15) is 111 Å². The van der Waals surface area contributed by atoms with E-state index in [1.165, 1.54) is 60.8 Å². The van der Waals surface area contributed by atoms with E-state index in [0.29, 0.717) is 23.7 Å². The van der Waals surface area contributed by atoms with Gasteiger partial charge in [-0.1, -0.05) is 186 Å². The predicted octanol–water partition coefficient (Wildman–Crippen LogP) is 22.7. The van der Waals surface area contributed by atoms with Crippen molar-refractivity contribution in [1.29, 1.82) is 0 Å². The Morgan fingerprint density at radius 2 is 0.625 bits per heavy atom. The van der Waals surface area contributed by atoms with Crippen LogP contribution in [0.15, 0.2) is 97.1 Å². The van der Waals surface area contributed by atoms with E-state index in [1.54, 1.807) is 11.1 Å². The molecule has 0 bridgehead atoms. The Hall–Kier alpha value is -0.912. The zero-order chi connectivity index (χ0) is 54.8. The average molecular weight is 1140 g/mol. The molecular formula is C70H118Y2. The van der Waals surface area contributed by atoms with Gasteiger partial charge in [-0.15, -0.1) is 0 Å². The minimum Gasteiger partial charge on any atom is -0.341 e. The van der Waals surface area contributed by atoms with Crippen LogP contribution in [-0.2, 0) is 65.4 Å². The maximum Gasteiger partial charge on any atom is 3.00 e. The maximum absolute atomic E-state index is 3.88. The molecule has 0 spiro atoms. The third-order valence-electron chi connectivity index (χ3n) is 11.3. The van der Waals surface area contributed by atoms with Gasteiger partial charge >= 0.3 is 65.4 Å². The third kappa shape index (κ3) is 53.9. The standard InChI is InChI=1S/2C18H30.2C7H7.2C7H15.2C3H7.2Y/c2*1-13(2)11-15(5)12-18(14(3)4)17-10-8-7-9-16(17)6;2*1-7-5-3-2-4-6-7;2*1-6(2)5-7(3)4;2*1-3-2;;/h2*7-10,13-15,18H,11-12H2,1-6H3;2*2-5H,1H3;2*6-7H,1,5H2,2-4H3;2*3H,1-2H3;;/q;;6*-1;2*+3. The van der Waals surface area contributed by atoms with E-state index in [0.717, 1.165) is 47.3 Å². The Morgan fingerprint density at radius 1 is 0.375 bits per heavy atom. The second-order valence-corrected chi connectivity index (χ2v) is 23.1. The average Bonchev–Trinajstić information content (AvgIpc) is 3.23. The summed E-state index contributed by atoms with van der Waals surface area (Å²) in [5, 5.41) is 0. The van der Waals surface area contributed by atoms with Crippen molar-refractivity contribution in [2.75, 3.05) is 0 Å². The van der Waals surface area contributed by atoms with Crippen LogP contribution in [0.5, 0.6) is 0 Å². The van der Waals surface area contributed by atoms with E-state index in [4.69, 9.17) is 0 Å². The fourth-order valence-electron chi connectivity index (χ4n) is 8.77. The van der Waals surface area contributed by atoms with Crippen LogP contribution in [0.1, 0.15) is 222 Å². The Balaban J connectivity index is -0.000000186. The van der Waals surface area contributed by atoms with Gasteiger partial charge in [-0.3, -0.25) is 0 Å². The second-order valence-electron chi connectivity index (χ2n) is 23.1. The number of benzene rings is 4. The van der Waals surface area contributed by atoms with Crippen LogP contribution >= 0.6 is 0 Å². The molecule has 4 aromatic carbocycles. The first kappa shape index (κ1) is 82.4. The first-order valence-corrected chi connectivity index (χ1v) is 27.8. The summed E-state index contributed by atoms with van der Waals surface area (Å²) in [6, 6.07) is 39.7. The van der Waals surface area contributed by atoms with Gasteiger partial charge in [0.25, 0.3) is 0 Å². The first-order valence-electron chi connectivity index (χ1n) is 27.8. The van der Waals surface area contributed by atoms with Crippen LogP contribution in [0.4, 0.5) is 0 Å². The Kier molecular flexibility index (Phi) is 61.2. The molecule has 404 valence electrons. The summed E-state index contributed by atoms with van der Waals surface area (Å²) in [5.41, 5.74) is 8.41. The van der Waals surface area contributed by atoms with E-state index in [9.17, 15) is 0 Å². The summed E-state index contributed by atoms with van der Waals surface area (Å²) in [5.74, 6) is 8.99. The zero-order valence-corrected chi connectivity index (χ0v) is 57.8. The monoisotopic (exact) mass is 1140 g/mol. The van der Waals surface area contributed by atoms with Crippen LogP contribution in [-0.4, -0.2) is 0 Å². The Bertz CT molecular complexity index is 1510. The number of rotatable bonds is 16. The number of hydrogen-bond acceptors (Lipinski definition) is 0. The van der Waals surface area contributed by atoms with Gasteiger partial charge in [-0.05, 0) is 121 Å². The molecule has 6 unspecified atom stereocenters. The minimum absolute atomic E-state index is 0. The molecule has 72 heavy (non-hydrogen) atoms. The van der Waals surface area contributed by atoms with Crippen LogP contribution in [0.3, 0.4) is 0 Å². The minimum atomic E-state index is 0. The van der Waals surface area contributed by atoms with Gasteiger partial charge < -0.3 is 26.7 Å². The fourth-order valence-corrected chi connectivity index (χ4v) is 8.77. The molecular weight excluding hydrogens is 1020 g/mol. The van der Waals surface area contributed by atoms with Crippen molar-refractivity contribution in [2.24, 2.45) is 59.2 Å². The first-order chi connectivity index (χ1) is 32.7. The van der Waals surface area contributed by atoms with Crippen molar-refractivity contribution >= 4 is 0 Å². The van der Waals surface area contributed by atoms with Crippen molar-refractivity contribution in [3.63, 3.8) is 0 Å². The summed E-state index contributed by atoms with van der Waals surface area (Å²) >= 11 is 0. The molecule has 4 rings (SSSR count). The van der Waals surface area contributed by atoms with E-state index >= 15 is 0 Å². The van der Waals surface area contributed by atoms with E-state index < -0.39 is 0 Å². The molecule has 0 fully saturated rings. The normalized spacial score (nSPS) is 12.7. The van der Waals surface area contributed by atoms with Gasteiger partial charge in [0.05, 0.1) is 0 Å². The number of hydrogen-bond donors (Lipinski definition) is 0. The van der Waals surface area contributed by atoms with Gasteiger partial charge in [0.2, 0.25) is 0 Å². The van der Waals surface area contributed by atoms with Crippen molar-refractivity contribution in [3.8, 4) is 0 Å².